The number of aliphatic hydroxyl groups is 1. The molecule has 0 saturated carbocycles. The molecule has 1 saturated heterocycles. The molecule has 0 aliphatic carbocycles. The van der Waals surface area contributed by atoms with Crippen molar-refractivity contribution in [2.75, 3.05) is 20.3 Å². The van der Waals surface area contributed by atoms with Crippen molar-refractivity contribution in [3.8, 4) is 0 Å². The second-order valence-electron chi connectivity index (χ2n) is 6.39. The molecule has 0 radical (unpaired) electrons. The number of hydrogen-bond acceptors (Lipinski definition) is 4. The first-order chi connectivity index (χ1) is 11.8. The molecule has 2 aromatic carbocycles. The lowest BCUT2D eigenvalue weighted by atomic mass is 9.87. The highest BCUT2D eigenvalue weighted by atomic mass is 16.7. The van der Waals surface area contributed by atoms with E-state index in [4.69, 9.17) is 14.2 Å². The molecule has 1 fully saturated rings. The van der Waals surface area contributed by atoms with E-state index >= 15 is 0 Å². The molecule has 2 aliphatic heterocycles. The molecule has 2 aliphatic rings. The Morgan fingerprint density at radius 1 is 1.21 bits per heavy atom. The minimum absolute atomic E-state index is 0.0546. The van der Waals surface area contributed by atoms with Gasteiger partial charge in [0.1, 0.15) is 12.4 Å². The van der Waals surface area contributed by atoms with Crippen molar-refractivity contribution in [2.24, 2.45) is 0 Å². The standard InChI is InChI=1S/C20H22O4/c1-22-20(16-9-8-14-5-2-3-6-15(14)11-16)12-18-17(7-4-10-23-18)19(13-21)24-20/h2-3,5-6,8-9,11,18,21H,4,7,10,12-13H2,1H3/t18-,20-/m0/s1. The van der Waals surface area contributed by atoms with Crippen LogP contribution >= 0.6 is 0 Å². The molecule has 0 unspecified atom stereocenters. The minimum Gasteiger partial charge on any atom is -0.460 e. The van der Waals surface area contributed by atoms with Gasteiger partial charge in [-0.2, -0.15) is 0 Å². The fourth-order valence-electron chi connectivity index (χ4n) is 3.78. The zero-order valence-corrected chi connectivity index (χ0v) is 13.8. The average Bonchev–Trinajstić information content (AvgIpc) is 2.66. The average molecular weight is 326 g/mol. The summed E-state index contributed by atoms with van der Waals surface area (Å²) in [5.74, 6) is -0.325. The van der Waals surface area contributed by atoms with Crippen LogP contribution in [0.1, 0.15) is 24.8 Å². The summed E-state index contributed by atoms with van der Waals surface area (Å²) in [6, 6.07) is 14.4. The van der Waals surface area contributed by atoms with Crippen LogP contribution in [0.2, 0.25) is 0 Å². The molecule has 126 valence electrons. The lowest BCUT2D eigenvalue weighted by Gasteiger charge is -2.43. The van der Waals surface area contributed by atoms with Gasteiger partial charge in [0.25, 0.3) is 0 Å². The fourth-order valence-corrected chi connectivity index (χ4v) is 3.78. The van der Waals surface area contributed by atoms with Gasteiger partial charge in [-0.3, -0.25) is 0 Å². The van der Waals surface area contributed by atoms with Crippen molar-refractivity contribution in [1.29, 1.82) is 0 Å². The van der Waals surface area contributed by atoms with Crippen LogP contribution in [0.5, 0.6) is 0 Å². The van der Waals surface area contributed by atoms with Crippen molar-refractivity contribution < 1.29 is 19.3 Å². The summed E-state index contributed by atoms with van der Waals surface area (Å²) in [6.45, 7) is 0.609. The highest BCUT2D eigenvalue weighted by molar-refractivity contribution is 5.83. The van der Waals surface area contributed by atoms with Gasteiger partial charge in [-0.05, 0) is 35.3 Å². The SMILES string of the molecule is CO[C@@]1(c2ccc3ccccc3c2)C[C@@H]2OCCCC2=C(CO)O1. The molecule has 2 heterocycles. The van der Waals surface area contributed by atoms with Crippen LogP contribution in [-0.2, 0) is 20.0 Å². The van der Waals surface area contributed by atoms with Crippen molar-refractivity contribution in [2.45, 2.75) is 31.2 Å². The third kappa shape index (κ3) is 2.51. The van der Waals surface area contributed by atoms with Crippen LogP contribution < -0.4 is 0 Å². The molecule has 0 bridgehead atoms. The third-order valence-electron chi connectivity index (χ3n) is 5.06. The summed E-state index contributed by atoms with van der Waals surface area (Å²) in [6.07, 6.45) is 2.42. The van der Waals surface area contributed by atoms with Gasteiger partial charge < -0.3 is 19.3 Å². The number of benzene rings is 2. The molecular weight excluding hydrogens is 304 g/mol. The highest BCUT2D eigenvalue weighted by Gasteiger charge is 2.45. The monoisotopic (exact) mass is 326 g/mol. The minimum atomic E-state index is -0.923. The van der Waals surface area contributed by atoms with Gasteiger partial charge >= 0.3 is 0 Å². The Morgan fingerprint density at radius 3 is 2.83 bits per heavy atom. The van der Waals surface area contributed by atoms with Crippen LogP contribution in [-0.4, -0.2) is 31.5 Å². The number of rotatable bonds is 3. The molecule has 4 rings (SSSR count). The molecule has 4 nitrogen and oxygen atoms in total. The second kappa shape index (κ2) is 6.20. The summed E-state index contributed by atoms with van der Waals surface area (Å²) >= 11 is 0. The molecule has 4 heteroatoms. The predicted molar refractivity (Wildman–Crippen MR) is 91.4 cm³/mol. The molecular formula is C20H22O4. The van der Waals surface area contributed by atoms with Crippen molar-refractivity contribution in [1.82, 2.24) is 0 Å². The Hall–Kier alpha value is -1.88. The first-order valence-electron chi connectivity index (χ1n) is 8.43. The van der Waals surface area contributed by atoms with Gasteiger partial charge in [0.05, 0.1) is 6.10 Å². The van der Waals surface area contributed by atoms with E-state index in [9.17, 15) is 5.11 Å². The van der Waals surface area contributed by atoms with E-state index in [2.05, 4.69) is 24.3 Å². The molecule has 0 spiro atoms. The van der Waals surface area contributed by atoms with Crippen LogP contribution in [0, 0.1) is 0 Å². The van der Waals surface area contributed by atoms with Crippen LogP contribution in [0.3, 0.4) is 0 Å². The Labute approximate surface area is 141 Å². The van der Waals surface area contributed by atoms with E-state index in [1.807, 2.05) is 18.2 Å². The quantitative estimate of drug-likeness (QED) is 0.938. The summed E-state index contributed by atoms with van der Waals surface area (Å²) in [5.41, 5.74) is 2.03. The Bertz CT molecular complexity index is 782. The summed E-state index contributed by atoms with van der Waals surface area (Å²) in [7, 11) is 1.65. The predicted octanol–water partition coefficient (Wildman–Crippen LogP) is 3.48. The van der Waals surface area contributed by atoms with E-state index in [0.29, 0.717) is 12.2 Å². The largest absolute Gasteiger partial charge is 0.460 e. The first-order valence-corrected chi connectivity index (χ1v) is 8.43. The Balaban J connectivity index is 1.79. The van der Waals surface area contributed by atoms with Gasteiger partial charge in [0, 0.05) is 25.7 Å². The van der Waals surface area contributed by atoms with E-state index < -0.39 is 5.79 Å². The highest BCUT2D eigenvalue weighted by Crippen LogP contribution is 2.44. The topological polar surface area (TPSA) is 47.9 Å². The molecule has 2 aromatic rings. The maximum absolute atomic E-state index is 9.78. The smallest absolute Gasteiger partial charge is 0.239 e. The molecule has 24 heavy (non-hydrogen) atoms. The normalized spacial score (nSPS) is 27.0. The Morgan fingerprint density at radius 2 is 2.04 bits per heavy atom. The van der Waals surface area contributed by atoms with Crippen LogP contribution in [0.15, 0.2) is 53.8 Å². The lowest BCUT2D eigenvalue weighted by molar-refractivity contribution is -0.242. The van der Waals surface area contributed by atoms with E-state index in [1.165, 1.54) is 5.39 Å². The zero-order valence-electron chi connectivity index (χ0n) is 13.8. The van der Waals surface area contributed by atoms with E-state index in [1.54, 1.807) is 7.11 Å². The van der Waals surface area contributed by atoms with Crippen LogP contribution in [0.25, 0.3) is 10.8 Å². The number of hydrogen-bond donors (Lipinski definition) is 1. The third-order valence-corrected chi connectivity index (χ3v) is 5.06. The Kier molecular flexibility index (Phi) is 4.04. The maximum Gasteiger partial charge on any atom is 0.239 e. The number of methoxy groups -OCH3 is 1. The van der Waals surface area contributed by atoms with Gasteiger partial charge in [-0.25, -0.2) is 0 Å². The van der Waals surface area contributed by atoms with Gasteiger partial charge in [-0.15, -0.1) is 0 Å². The van der Waals surface area contributed by atoms with Crippen LogP contribution in [0.4, 0.5) is 0 Å². The van der Waals surface area contributed by atoms with E-state index in [0.717, 1.165) is 36.0 Å². The van der Waals surface area contributed by atoms with Gasteiger partial charge in [0.15, 0.2) is 0 Å². The lowest BCUT2D eigenvalue weighted by Crippen LogP contribution is -2.43. The number of aliphatic hydroxyl groups excluding tert-OH is 1. The van der Waals surface area contributed by atoms with Crippen molar-refractivity contribution >= 4 is 10.8 Å². The maximum atomic E-state index is 9.78. The van der Waals surface area contributed by atoms with Crippen molar-refractivity contribution in [3.63, 3.8) is 0 Å². The number of fused-ring (bicyclic) bond motifs is 2. The summed E-state index contributed by atoms with van der Waals surface area (Å²) in [4.78, 5) is 0. The number of ether oxygens (including phenoxy) is 3. The molecule has 1 N–H and O–H groups in total. The molecule has 2 atom stereocenters. The summed E-state index contributed by atoms with van der Waals surface area (Å²) < 4.78 is 18.0. The van der Waals surface area contributed by atoms with Crippen molar-refractivity contribution in [3.05, 3.63) is 59.4 Å². The molecule has 0 amide bonds. The molecule has 0 aromatic heterocycles. The summed E-state index contributed by atoms with van der Waals surface area (Å²) in [5, 5.41) is 12.1. The van der Waals surface area contributed by atoms with Gasteiger partial charge in [-0.1, -0.05) is 36.4 Å². The fraction of sp³-hybridized carbons (Fsp3) is 0.400. The van der Waals surface area contributed by atoms with E-state index in [-0.39, 0.29) is 12.7 Å². The van der Waals surface area contributed by atoms with Gasteiger partial charge in [0.2, 0.25) is 5.79 Å². The zero-order chi connectivity index (χ0) is 16.6. The first kappa shape index (κ1) is 15.6. The second-order valence-corrected chi connectivity index (χ2v) is 6.39.